The molecule has 1 radical (unpaired) electrons. The van der Waals surface area contributed by atoms with Crippen LogP contribution in [0.3, 0.4) is 0 Å². The van der Waals surface area contributed by atoms with Crippen molar-refractivity contribution in [3.8, 4) is 0 Å². The molecule has 2 heteroatoms. The Labute approximate surface area is 73.2 Å². The summed E-state index contributed by atoms with van der Waals surface area (Å²) >= 11 is 0. The first-order valence-corrected chi connectivity index (χ1v) is 1.75. The zero-order valence-electron chi connectivity index (χ0n) is 6.50. The van der Waals surface area contributed by atoms with E-state index in [1.807, 2.05) is 20.8 Å². The van der Waals surface area contributed by atoms with E-state index in [1.165, 1.54) is 0 Å². The first kappa shape index (κ1) is 23.2. The van der Waals surface area contributed by atoms with Gasteiger partial charge in [-0.2, -0.15) is 0 Å². The fourth-order valence-corrected chi connectivity index (χ4v) is 0. The molecule has 8 heavy (non-hydrogen) atoms. The minimum Gasteiger partial charge on any atom is -0.673 e. The monoisotopic (exact) mass is 192 g/mol. The molecule has 1 N–H and O–H groups in total. The van der Waals surface area contributed by atoms with E-state index >= 15 is 0 Å². The Morgan fingerprint density at radius 2 is 1.00 bits per heavy atom. The summed E-state index contributed by atoms with van der Waals surface area (Å²) in [5.41, 5.74) is 6.69. The largest absolute Gasteiger partial charge is 3.00 e. The van der Waals surface area contributed by atoms with Crippen molar-refractivity contribution in [3.05, 3.63) is 20.6 Å². The third-order valence-electron chi connectivity index (χ3n) is 0. The van der Waals surface area contributed by atoms with Gasteiger partial charge in [0.2, 0.25) is 0 Å². The Morgan fingerprint density at radius 1 is 1.00 bits per heavy atom. The van der Waals surface area contributed by atoms with Gasteiger partial charge in [-0.15, -0.1) is 5.54 Å². The van der Waals surface area contributed by atoms with E-state index in [4.69, 9.17) is 5.73 Å². The van der Waals surface area contributed by atoms with Gasteiger partial charge in [0.05, 0.1) is 0 Å². The third-order valence-corrected chi connectivity index (χ3v) is 0. The Bertz CT molecular complexity index is 24.0. The molecule has 0 aliphatic carbocycles. The molecule has 49 valence electrons. The van der Waals surface area contributed by atoms with Gasteiger partial charge in [-0.25, -0.2) is 0 Å². The fourth-order valence-electron chi connectivity index (χ4n) is 0. The van der Waals surface area contributed by atoms with Crippen LogP contribution in [0.15, 0.2) is 0 Å². The maximum Gasteiger partial charge on any atom is 3.00 e. The molecule has 1 nitrogen and oxygen atoms in total. The van der Waals surface area contributed by atoms with E-state index in [-0.39, 0.29) is 46.6 Å². The van der Waals surface area contributed by atoms with Crippen molar-refractivity contribution in [1.29, 1.82) is 0 Å². The molecule has 0 aromatic heterocycles. The van der Waals surface area contributed by atoms with Gasteiger partial charge in [0.15, 0.2) is 0 Å². The van der Waals surface area contributed by atoms with Crippen LogP contribution in [0, 0.1) is 14.9 Å². The van der Waals surface area contributed by atoms with Gasteiger partial charge in [0, 0.05) is 0 Å². The molecule has 0 saturated carbocycles. The van der Waals surface area contributed by atoms with E-state index in [2.05, 4.69) is 0 Å². The zero-order valence-corrected chi connectivity index (χ0v) is 8.96. The molecule has 0 heterocycles. The first-order chi connectivity index (χ1) is 2.00. The van der Waals surface area contributed by atoms with E-state index < -0.39 is 0 Å². The van der Waals surface area contributed by atoms with Gasteiger partial charge in [-0.1, -0.05) is 20.8 Å². The Hall–Kier alpha value is 0.843. The summed E-state index contributed by atoms with van der Waals surface area (Å²) in [6.45, 7) is 5.56. The molecule has 0 aliphatic rings. The molecule has 0 aliphatic heterocycles. The van der Waals surface area contributed by atoms with Gasteiger partial charge in [-0.05, 0) is 0 Å². The zero-order chi connectivity index (χ0) is 4.50. The second-order valence-electron chi connectivity index (χ2n) is 2.25. The number of hydrogen-bond acceptors (Lipinski definition) is 0. The standard InChI is InChI=1S/C4H10N.2CH3.Zr/c1-4(2,3)5;;;/h5H,1-3H3;2*1H3;/q3*-1;+3. The van der Waals surface area contributed by atoms with Crippen LogP contribution in [-0.4, -0.2) is 5.54 Å². The van der Waals surface area contributed by atoms with Crippen LogP contribution < -0.4 is 0 Å². The predicted octanol–water partition coefficient (Wildman–Crippen LogP) is 2.74. The van der Waals surface area contributed by atoms with Gasteiger partial charge in [0.25, 0.3) is 0 Å². The van der Waals surface area contributed by atoms with Crippen molar-refractivity contribution in [2.45, 2.75) is 26.3 Å². The molecular formula is C6H16NZr. The van der Waals surface area contributed by atoms with Crippen molar-refractivity contribution in [1.82, 2.24) is 0 Å². The average Bonchev–Trinajstić information content (AvgIpc) is 0.722. The summed E-state index contributed by atoms with van der Waals surface area (Å²) in [5.74, 6) is 0. The van der Waals surface area contributed by atoms with Crippen molar-refractivity contribution < 1.29 is 26.2 Å². The third kappa shape index (κ3) is 329. The van der Waals surface area contributed by atoms with Gasteiger partial charge in [-0.3, -0.25) is 0 Å². The van der Waals surface area contributed by atoms with Gasteiger partial charge in [0.1, 0.15) is 0 Å². The van der Waals surface area contributed by atoms with Crippen LogP contribution >= 0.6 is 0 Å². The van der Waals surface area contributed by atoms with Crippen LogP contribution in [0.2, 0.25) is 0 Å². The minimum absolute atomic E-state index is 0. The molecule has 0 fully saturated rings. The second-order valence-corrected chi connectivity index (χ2v) is 2.25. The summed E-state index contributed by atoms with van der Waals surface area (Å²) in [4.78, 5) is 0. The van der Waals surface area contributed by atoms with Gasteiger partial charge < -0.3 is 20.6 Å². The first-order valence-electron chi connectivity index (χ1n) is 1.75. The SMILES string of the molecule is CC(C)(C)[NH-].[CH3-].[CH3-].[Zr+3]. The minimum atomic E-state index is -0.250. The summed E-state index contributed by atoms with van der Waals surface area (Å²) in [7, 11) is 0. The van der Waals surface area contributed by atoms with Gasteiger partial charge >= 0.3 is 26.2 Å². The van der Waals surface area contributed by atoms with E-state index in [0.717, 1.165) is 0 Å². The van der Waals surface area contributed by atoms with Crippen molar-refractivity contribution in [2.75, 3.05) is 0 Å². The summed E-state index contributed by atoms with van der Waals surface area (Å²) < 4.78 is 0. The number of hydrogen-bond donors (Lipinski definition) is 0. The Kier molecular flexibility index (Phi) is 22.7. The summed E-state index contributed by atoms with van der Waals surface area (Å²) in [6.07, 6.45) is 0. The molecule has 0 amide bonds. The van der Waals surface area contributed by atoms with Crippen LogP contribution in [0.4, 0.5) is 0 Å². The fraction of sp³-hybridized carbons (Fsp3) is 0.667. The maximum atomic E-state index is 6.94. The normalized spacial score (nSPS) is 7.50. The van der Waals surface area contributed by atoms with E-state index in [9.17, 15) is 0 Å². The predicted molar refractivity (Wildman–Crippen MR) is 36.9 cm³/mol. The van der Waals surface area contributed by atoms with E-state index in [0.29, 0.717) is 0 Å². The molecule has 0 aromatic rings. The molecule has 0 bridgehead atoms. The van der Waals surface area contributed by atoms with Crippen LogP contribution in [0.5, 0.6) is 0 Å². The summed E-state index contributed by atoms with van der Waals surface area (Å²) in [5, 5.41) is 0. The van der Waals surface area contributed by atoms with Crippen molar-refractivity contribution in [3.63, 3.8) is 0 Å². The number of nitrogens with one attached hydrogen (secondary N) is 1. The molecule has 0 atom stereocenters. The van der Waals surface area contributed by atoms with Crippen LogP contribution in [0.25, 0.3) is 5.73 Å². The summed E-state index contributed by atoms with van der Waals surface area (Å²) in [6, 6.07) is 0. The molecule has 0 spiro atoms. The smallest absolute Gasteiger partial charge is 0.673 e. The van der Waals surface area contributed by atoms with Crippen LogP contribution in [0.1, 0.15) is 20.8 Å². The number of rotatable bonds is 0. The Morgan fingerprint density at radius 3 is 1.00 bits per heavy atom. The van der Waals surface area contributed by atoms with E-state index in [1.54, 1.807) is 0 Å². The average molecular weight is 193 g/mol. The van der Waals surface area contributed by atoms with Crippen molar-refractivity contribution >= 4 is 0 Å². The maximum absolute atomic E-state index is 6.94. The topological polar surface area (TPSA) is 23.8 Å². The van der Waals surface area contributed by atoms with Crippen molar-refractivity contribution in [2.24, 2.45) is 0 Å². The molecule has 0 aromatic carbocycles. The molecule has 0 rings (SSSR count). The molecular weight excluding hydrogens is 177 g/mol. The quantitative estimate of drug-likeness (QED) is 0.528. The van der Waals surface area contributed by atoms with Crippen LogP contribution in [-0.2, 0) is 26.2 Å². The molecule has 0 saturated heterocycles. The second kappa shape index (κ2) is 7.84. The molecule has 0 unspecified atom stereocenters. The Balaban J connectivity index is -0.0000000267.